The summed E-state index contributed by atoms with van der Waals surface area (Å²) in [5.41, 5.74) is 0.868. The lowest BCUT2D eigenvalue weighted by molar-refractivity contribution is 0.117. The van der Waals surface area contributed by atoms with E-state index in [2.05, 4.69) is 10.3 Å². The van der Waals surface area contributed by atoms with Crippen molar-refractivity contribution < 1.29 is 27.1 Å². The molecule has 3 rings (SSSR count). The Hall–Kier alpha value is -2.59. The first kappa shape index (κ1) is 22.1. The van der Waals surface area contributed by atoms with E-state index in [1.165, 1.54) is 29.3 Å². The molecule has 2 N–H and O–H groups in total. The molecule has 162 valence electrons. The fourth-order valence-electron chi connectivity index (χ4n) is 3.53. The van der Waals surface area contributed by atoms with Gasteiger partial charge in [-0.15, -0.1) is 0 Å². The third kappa shape index (κ3) is 4.44. The summed E-state index contributed by atoms with van der Waals surface area (Å²) >= 11 is 0. The summed E-state index contributed by atoms with van der Waals surface area (Å²) in [6.45, 7) is 1.09. The fraction of sp³-hybridized carbons (Fsp3) is 0.400. The summed E-state index contributed by atoms with van der Waals surface area (Å²) in [6, 6.07) is 7.02. The minimum atomic E-state index is -4.41. The van der Waals surface area contributed by atoms with Crippen molar-refractivity contribution in [2.75, 3.05) is 18.4 Å². The topological polar surface area (TPSA) is 99.6 Å². The Bertz CT molecular complexity index is 1020. The smallest absolute Gasteiger partial charge is 0.321 e. The van der Waals surface area contributed by atoms with Crippen LogP contribution in [0.1, 0.15) is 25.5 Å². The zero-order valence-corrected chi connectivity index (χ0v) is 17.2. The van der Waals surface area contributed by atoms with Gasteiger partial charge >= 0.3 is 6.03 Å². The van der Waals surface area contributed by atoms with Gasteiger partial charge in [0, 0.05) is 30.9 Å². The van der Waals surface area contributed by atoms with Crippen molar-refractivity contribution in [1.82, 2.24) is 9.88 Å². The largest absolute Gasteiger partial charge is 0.390 e. The number of halogens is 2. The quantitative estimate of drug-likeness (QED) is 0.746. The van der Waals surface area contributed by atoms with Crippen LogP contribution in [-0.4, -0.2) is 47.5 Å². The summed E-state index contributed by atoms with van der Waals surface area (Å²) in [5, 5.41) is 9.21. The predicted molar refractivity (Wildman–Crippen MR) is 107 cm³/mol. The molecule has 1 aliphatic heterocycles. The molecule has 0 radical (unpaired) electrons. The van der Waals surface area contributed by atoms with Gasteiger partial charge in [0.05, 0.1) is 17.2 Å². The average molecular weight is 439 g/mol. The molecule has 1 aromatic heterocycles. The molecule has 2 aromatic rings. The van der Waals surface area contributed by atoms with E-state index in [1.807, 2.05) is 0 Å². The van der Waals surface area contributed by atoms with Crippen LogP contribution in [0.2, 0.25) is 0 Å². The van der Waals surface area contributed by atoms with Crippen molar-refractivity contribution in [3.63, 3.8) is 0 Å². The maximum Gasteiger partial charge on any atom is 0.321 e. The number of aliphatic hydroxyl groups is 1. The zero-order chi connectivity index (χ0) is 21.9. The molecule has 0 aliphatic carbocycles. The number of alkyl halides is 1. The van der Waals surface area contributed by atoms with Crippen LogP contribution in [0.4, 0.5) is 19.3 Å². The molecule has 1 atom stereocenters. The molecule has 0 saturated carbocycles. The van der Waals surface area contributed by atoms with Gasteiger partial charge in [-0.25, -0.2) is 22.0 Å². The van der Waals surface area contributed by atoms with Crippen LogP contribution >= 0.6 is 0 Å². The zero-order valence-electron chi connectivity index (χ0n) is 16.4. The molecular formula is C20H23F2N3O4S. The van der Waals surface area contributed by atoms with Gasteiger partial charge in [0.2, 0.25) is 14.8 Å². The number of carbonyl (C=O) groups excluding carboxylic acids is 1. The number of rotatable bonds is 5. The highest BCUT2D eigenvalue weighted by Gasteiger charge is 2.48. The summed E-state index contributed by atoms with van der Waals surface area (Å²) in [6.07, 6.45) is 1.75. The maximum absolute atomic E-state index is 15.5. The second-order valence-corrected chi connectivity index (χ2v) is 9.61. The number of piperidine rings is 1. The maximum atomic E-state index is 15.5. The van der Waals surface area contributed by atoms with Gasteiger partial charge in [0.1, 0.15) is 5.82 Å². The molecular weight excluding hydrogens is 416 g/mol. The molecule has 1 aliphatic rings. The number of urea groups is 1. The lowest BCUT2D eigenvalue weighted by Gasteiger charge is -2.37. The minimum absolute atomic E-state index is 0.146. The molecule has 1 unspecified atom stereocenters. The first-order chi connectivity index (χ1) is 14.1. The van der Waals surface area contributed by atoms with Crippen LogP contribution in [0.5, 0.6) is 0 Å². The number of amides is 2. The monoisotopic (exact) mass is 439 g/mol. The molecule has 1 fully saturated rings. The van der Waals surface area contributed by atoms with Gasteiger partial charge < -0.3 is 15.3 Å². The number of hydrogen-bond donors (Lipinski definition) is 2. The molecule has 10 heteroatoms. The Morgan fingerprint density at radius 3 is 2.63 bits per heavy atom. The van der Waals surface area contributed by atoms with Gasteiger partial charge in [-0.1, -0.05) is 6.07 Å². The second-order valence-electron chi connectivity index (χ2n) is 7.33. The van der Waals surface area contributed by atoms with Crippen molar-refractivity contribution >= 4 is 21.6 Å². The van der Waals surface area contributed by atoms with Gasteiger partial charge in [0.15, 0.2) is 0 Å². The number of nitrogens with one attached hydrogen (secondary N) is 1. The van der Waals surface area contributed by atoms with Gasteiger partial charge in [-0.05, 0) is 50.1 Å². The summed E-state index contributed by atoms with van der Waals surface area (Å²) in [5.74, 6) is -1.59. The number of benzene rings is 1. The molecule has 0 spiro atoms. The standard InChI is InChI=1S/C20H23F2N3O4S/c1-20(22,30(28,29)18-4-2-3-15(21)11-18)14-6-9-25(10-7-14)19(27)24-16-5-8-23-17(12-16)13-26/h2-5,8,11-12,14,26H,6-7,9-10,13H2,1H3,(H,23,24,27). The van der Waals surface area contributed by atoms with Crippen molar-refractivity contribution in [1.29, 1.82) is 0 Å². The molecule has 7 nitrogen and oxygen atoms in total. The number of pyridine rings is 1. The van der Waals surface area contributed by atoms with E-state index in [0.717, 1.165) is 19.1 Å². The van der Waals surface area contributed by atoms with Crippen LogP contribution in [0.3, 0.4) is 0 Å². The fourth-order valence-corrected chi connectivity index (χ4v) is 5.19. The Balaban J connectivity index is 1.66. The third-order valence-corrected chi connectivity index (χ3v) is 7.63. The van der Waals surface area contributed by atoms with Gasteiger partial charge in [0.25, 0.3) is 0 Å². The van der Waals surface area contributed by atoms with Crippen LogP contribution in [0, 0.1) is 11.7 Å². The lowest BCUT2D eigenvalue weighted by atomic mass is 9.92. The van der Waals surface area contributed by atoms with Crippen LogP contribution in [0.25, 0.3) is 0 Å². The highest BCUT2D eigenvalue weighted by atomic mass is 32.2. The molecule has 0 bridgehead atoms. The van der Waals surface area contributed by atoms with Crippen molar-refractivity contribution in [3.8, 4) is 0 Å². The molecule has 30 heavy (non-hydrogen) atoms. The van der Waals surface area contributed by atoms with E-state index in [4.69, 9.17) is 5.11 Å². The molecule has 2 heterocycles. The number of hydrogen-bond acceptors (Lipinski definition) is 5. The van der Waals surface area contributed by atoms with E-state index < -0.39 is 37.5 Å². The van der Waals surface area contributed by atoms with E-state index in [0.29, 0.717) is 11.4 Å². The Labute approximate surface area is 173 Å². The number of aromatic nitrogens is 1. The normalized spacial score (nSPS) is 17.4. The van der Waals surface area contributed by atoms with Gasteiger partial charge in [-0.3, -0.25) is 4.98 Å². The van der Waals surface area contributed by atoms with E-state index in [-0.39, 0.29) is 32.5 Å². The minimum Gasteiger partial charge on any atom is -0.390 e. The third-order valence-electron chi connectivity index (χ3n) is 5.37. The highest BCUT2D eigenvalue weighted by Crippen LogP contribution is 2.39. The second kappa shape index (κ2) is 8.65. The lowest BCUT2D eigenvalue weighted by Crippen LogP contribution is -2.48. The Kier molecular flexibility index (Phi) is 6.37. The first-order valence-electron chi connectivity index (χ1n) is 9.46. The van der Waals surface area contributed by atoms with Gasteiger partial charge in [-0.2, -0.15) is 0 Å². The van der Waals surface area contributed by atoms with Crippen LogP contribution < -0.4 is 5.32 Å². The summed E-state index contributed by atoms with van der Waals surface area (Å²) < 4.78 is 54.4. The summed E-state index contributed by atoms with van der Waals surface area (Å²) in [4.78, 5) is 17.5. The SMILES string of the molecule is CC(F)(C1CCN(C(=O)Nc2ccnc(CO)c2)CC1)S(=O)(=O)c1cccc(F)c1. The van der Waals surface area contributed by atoms with Crippen LogP contribution in [-0.2, 0) is 16.4 Å². The van der Waals surface area contributed by atoms with Crippen molar-refractivity contribution in [2.24, 2.45) is 5.92 Å². The number of nitrogens with zero attached hydrogens (tertiary/aromatic N) is 2. The number of carbonyl (C=O) groups is 1. The van der Waals surface area contributed by atoms with E-state index >= 15 is 4.39 Å². The molecule has 2 amide bonds. The average Bonchev–Trinajstić information content (AvgIpc) is 2.73. The van der Waals surface area contributed by atoms with E-state index in [1.54, 1.807) is 6.07 Å². The van der Waals surface area contributed by atoms with E-state index in [9.17, 15) is 17.6 Å². The Morgan fingerprint density at radius 2 is 2.00 bits per heavy atom. The number of sulfone groups is 1. The highest BCUT2D eigenvalue weighted by molar-refractivity contribution is 7.92. The van der Waals surface area contributed by atoms with Crippen LogP contribution in [0.15, 0.2) is 47.5 Å². The summed E-state index contributed by atoms with van der Waals surface area (Å²) in [7, 11) is -4.41. The Morgan fingerprint density at radius 1 is 1.30 bits per heavy atom. The van der Waals surface area contributed by atoms with Crippen molar-refractivity contribution in [3.05, 3.63) is 54.1 Å². The number of aliphatic hydroxyl groups excluding tert-OH is 1. The number of anilines is 1. The predicted octanol–water partition coefficient (Wildman–Crippen LogP) is 3.12. The molecule has 1 aromatic carbocycles. The molecule has 1 saturated heterocycles. The first-order valence-corrected chi connectivity index (χ1v) is 10.9. The van der Waals surface area contributed by atoms with Crippen molar-refractivity contribution in [2.45, 2.75) is 36.3 Å². The number of likely N-dealkylation sites (tertiary alicyclic amines) is 1.